The first-order valence-electron chi connectivity index (χ1n) is 7.64. The van der Waals surface area contributed by atoms with Gasteiger partial charge in [-0.15, -0.1) is 0 Å². The monoisotopic (exact) mass is 361 g/mol. The number of hydrogen-bond acceptors (Lipinski definition) is 3. The molecule has 8 heteroatoms. The first kappa shape index (κ1) is 17.2. The van der Waals surface area contributed by atoms with Crippen LogP contribution in [0.25, 0.3) is 0 Å². The summed E-state index contributed by atoms with van der Waals surface area (Å²) in [5, 5.41) is 11.5. The predicted molar refractivity (Wildman–Crippen MR) is 93.4 cm³/mol. The number of nitrogens with zero attached hydrogens (tertiary/aromatic N) is 4. The number of aryl methyl sites for hydroxylation is 3. The summed E-state index contributed by atoms with van der Waals surface area (Å²) in [6.07, 6.45) is 0. The fraction of sp³-hybridized carbons (Fsp3) is 0.235. The topological polar surface area (TPSA) is 64.7 Å². The fourth-order valence-corrected chi connectivity index (χ4v) is 2.91. The molecule has 3 aromatic rings. The summed E-state index contributed by atoms with van der Waals surface area (Å²) in [6.45, 7) is 3.91. The van der Waals surface area contributed by atoms with Gasteiger partial charge in [-0.25, -0.2) is 9.07 Å². The van der Waals surface area contributed by atoms with Crippen molar-refractivity contribution < 1.29 is 9.18 Å². The van der Waals surface area contributed by atoms with Crippen molar-refractivity contribution in [3.05, 3.63) is 63.8 Å². The van der Waals surface area contributed by atoms with Crippen LogP contribution in [0.15, 0.2) is 30.3 Å². The number of benzene rings is 1. The van der Waals surface area contributed by atoms with E-state index < -0.39 is 0 Å². The number of carbonyl (C=O) groups excluding carboxylic acids is 1. The van der Waals surface area contributed by atoms with E-state index in [-0.39, 0.29) is 16.9 Å². The summed E-state index contributed by atoms with van der Waals surface area (Å²) >= 11 is 6.36. The van der Waals surface area contributed by atoms with Crippen molar-refractivity contribution in [1.82, 2.24) is 19.6 Å². The first-order valence-corrected chi connectivity index (χ1v) is 8.02. The summed E-state index contributed by atoms with van der Waals surface area (Å²) in [4.78, 5) is 12.6. The van der Waals surface area contributed by atoms with Crippen molar-refractivity contribution in [1.29, 1.82) is 0 Å². The number of carbonyl (C=O) groups is 1. The third-order valence-electron chi connectivity index (χ3n) is 3.78. The molecule has 25 heavy (non-hydrogen) atoms. The molecule has 1 N–H and O–H groups in total. The van der Waals surface area contributed by atoms with Gasteiger partial charge in [0.2, 0.25) is 0 Å². The average molecular weight is 362 g/mol. The van der Waals surface area contributed by atoms with Gasteiger partial charge in [0.15, 0.2) is 0 Å². The van der Waals surface area contributed by atoms with Crippen LogP contribution in [-0.4, -0.2) is 25.5 Å². The van der Waals surface area contributed by atoms with Crippen LogP contribution < -0.4 is 5.32 Å². The maximum Gasteiger partial charge on any atom is 0.261 e. The molecule has 0 saturated carbocycles. The summed E-state index contributed by atoms with van der Waals surface area (Å²) in [7, 11) is 1.75. The van der Waals surface area contributed by atoms with Crippen LogP contribution in [0, 0.1) is 19.7 Å². The van der Waals surface area contributed by atoms with Gasteiger partial charge in [0, 0.05) is 13.1 Å². The number of rotatable bonds is 4. The standard InChI is InChI=1S/C17H17ClFN5O/c1-10-8-14(23(3)21-10)20-17(25)15-11(2)22-24(16(15)18)9-12-4-6-13(19)7-5-12/h4-8H,9H2,1-3H3,(H,20,25). The van der Waals surface area contributed by atoms with Crippen LogP contribution in [-0.2, 0) is 13.6 Å². The van der Waals surface area contributed by atoms with Gasteiger partial charge in [-0.2, -0.15) is 10.2 Å². The minimum Gasteiger partial charge on any atom is -0.307 e. The Morgan fingerprint density at radius 3 is 2.52 bits per heavy atom. The molecule has 0 atom stereocenters. The van der Waals surface area contributed by atoms with E-state index in [1.165, 1.54) is 16.8 Å². The van der Waals surface area contributed by atoms with Gasteiger partial charge in [0.05, 0.1) is 23.5 Å². The smallest absolute Gasteiger partial charge is 0.261 e. The molecule has 2 heterocycles. The minimum atomic E-state index is -0.351. The van der Waals surface area contributed by atoms with Crippen LogP contribution in [0.2, 0.25) is 5.15 Å². The molecule has 0 aliphatic carbocycles. The van der Waals surface area contributed by atoms with Gasteiger partial charge < -0.3 is 5.32 Å². The molecule has 130 valence electrons. The van der Waals surface area contributed by atoms with E-state index in [1.54, 1.807) is 36.9 Å². The maximum absolute atomic E-state index is 13.0. The molecule has 6 nitrogen and oxygen atoms in total. The molecule has 0 aliphatic heterocycles. The molecular weight excluding hydrogens is 345 g/mol. The van der Waals surface area contributed by atoms with E-state index in [9.17, 15) is 9.18 Å². The zero-order valence-corrected chi connectivity index (χ0v) is 14.8. The van der Waals surface area contributed by atoms with Gasteiger partial charge in [0.25, 0.3) is 5.91 Å². The van der Waals surface area contributed by atoms with Crippen molar-refractivity contribution in [2.75, 3.05) is 5.32 Å². The molecule has 0 aliphatic rings. The number of hydrogen-bond donors (Lipinski definition) is 1. The van der Waals surface area contributed by atoms with Crippen LogP contribution >= 0.6 is 11.6 Å². The van der Waals surface area contributed by atoms with Gasteiger partial charge in [0.1, 0.15) is 16.8 Å². The van der Waals surface area contributed by atoms with Gasteiger partial charge in [-0.05, 0) is 31.5 Å². The molecule has 1 amide bonds. The Hall–Kier alpha value is -2.67. The largest absolute Gasteiger partial charge is 0.307 e. The number of anilines is 1. The fourth-order valence-electron chi connectivity index (χ4n) is 2.59. The van der Waals surface area contributed by atoms with E-state index in [1.807, 2.05) is 6.92 Å². The van der Waals surface area contributed by atoms with Gasteiger partial charge in [-0.3, -0.25) is 9.48 Å². The molecule has 0 radical (unpaired) electrons. The molecule has 0 spiro atoms. The highest BCUT2D eigenvalue weighted by molar-refractivity contribution is 6.33. The van der Waals surface area contributed by atoms with Crippen molar-refractivity contribution in [3.63, 3.8) is 0 Å². The molecular formula is C17H17ClFN5O. The lowest BCUT2D eigenvalue weighted by atomic mass is 10.2. The van der Waals surface area contributed by atoms with E-state index in [4.69, 9.17) is 11.6 Å². The first-order chi connectivity index (χ1) is 11.8. The molecule has 0 fully saturated rings. The second-order valence-corrected chi connectivity index (χ2v) is 6.14. The van der Waals surface area contributed by atoms with Crippen molar-refractivity contribution in [3.8, 4) is 0 Å². The minimum absolute atomic E-state index is 0.234. The Balaban J connectivity index is 1.84. The Labute approximate surface area is 149 Å². The number of nitrogens with one attached hydrogen (secondary N) is 1. The van der Waals surface area contributed by atoms with Crippen LogP contribution in [0.3, 0.4) is 0 Å². The van der Waals surface area contributed by atoms with Crippen molar-refractivity contribution in [2.24, 2.45) is 7.05 Å². The summed E-state index contributed by atoms with van der Waals surface area (Å²) in [5.41, 5.74) is 2.46. The van der Waals surface area contributed by atoms with Gasteiger partial charge >= 0.3 is 0 Å². The van der Waals surface area contributed by atoms with E-state index in [2.05, 4.69) is 15.5 Å². The number of aromatic nitrogens is 4. The molecule has 1 aromatic carbocycles. The summed E-state index contributed by atoms with van der Waals surface area (Å²) in [6, 6.07) is 7.82. The average Bonchev–Trinajstić information content (AvgIpc) is 3.00. The molecule has 0 saturated heterocycles. The molecule has 0 bridgehead atoms. The highest BCUT2D eigenvalue weighted by Gasteiger charge is 2.21. The molecule has 0 unspecified atom stereocenters. The Kier molecular flexibility index (Phi) is 4.59. The highest BCUT2D eigenvalue weighted by Crippen LogP contribution is 2.22. The predicted octanol–water partition coefficient (Wildman–Crippen LogP) is 3.33. The van der Waals surface area contributed by atoms with Crippen molar-refractivity contribution in [2.45, 2.75) is 20.4 Å². The summed E-state index contributed by atoms with van der Waals surface area (Å²) < 4.78 is 16.1. The lowest BCUT2D eigenvalue weighted by Gasteiger charge is -2.06. The molecule has 2 aromatic heterocycles. The number of halogens is 2. The van der Waals surface area contributed by atoms with E-state index in [0.29, 0.717) is 23.6 Å². The third-order valence-corrected chi connectivity index (χ3v) is 4.17. The van der Waals surface area contributed by atoms with Gasteiger partial charge in [-0.1, -0.05) is 23.7 Å². The van der Waals surface area contributed by atoms with E-state index >= 15 is 0 Å². The molecule has 3 rings (SSSR count). The normalized spacial score (nSPS) is 10.9. The lowest BCUT2D eigenvalue weighted by Crippen LogP contribution is -2.15. The second-order valence-electron chi connectivity index (χ2n) is 5.78. The second kappa shape index (κ2) is 6.68. The van der Waals surface area contributed by atoms with Crippen LogP contribution in [0.4, 0.5) is 10.2 Å². The van der Waals surface area contributed by atoms with Crippen molar-refractivity contribution >= 4 is 23.3 Å². The van der Waals surface area contributed by atoms with Crippen LogP contribution in [0.1, 0.15) is 27.3 Å². The highest BCUT2D eigenvalue weighted by atomic mass is 35.5. The summed E-state index contributed by atoms with van der Waals surface area (Å²) in [5.74, 6) is -0.0851. The van der Waals surface area contributed by atoms with Crippen LogP contribution in [0.5, 0.6) is 0 Å². The quantitative estimate of drug-likeness (QED) is 0.775. The SMILES string of the molecule is Cc1cc(NC(=O)c2c(C)nn(Cc3ccc(F)cc3)c2Cl)n(C)n1. The zero-order chi connectivity index (χ0) is 18.1. The van der Waals surface area contributed by atoms with E-state index in [0.717, 1.165) is 11.3 Å². The Bertz CT molecular complexity index is 929. The lowest BCUT2D eigenvalue weighted by molar-refractivity contribution is 0.102. The number of amides is 1. The maximum atomic E-state index is 13.0. The Morgan fingerprint density at radius 2 is 1.92 bits per heavy atom. The Morgan fingerprint density at radius 1 is 1.24 bits per heavy atom. The third kappa shape index (κ3) is 3.56. The zero-order valence-electron chi connectivity index (χ0n) is 14.0.